The van der Waals surface area contributed by atoms with Crippen LogP contribution in [0.3, 0.4) is 0 Å². The Bertz CT molecular complexity index is 1460. The Morgan fingerprint density at radius 2 is 1.86 bits per heavy atom. The van der Waals surface area contributed by atoms with E-state index >= 15 is 0 Å². The monoisotopic (exact) mass is 547 g/mol. The Morgan fingerprint density at radius 3 is 2.54 bits per heavy atom. The first kappa shape index (κ1) is 26.3. The molecule has 0 unspecified atom stereocenters. The van der Waals surface area contributed by atoms with Gasteiger partial charge in [0.1, 0.15) is 27.9 Å². The zero-order valence-corrected chi connectivity index (χ0v) is 20.6. The van der Waals surface area contributed by atoms with Crippen LogP contribution >= 0.6 is 23.4 Å². The fraction of sp³-hybridized carbons (Fsp3) is 0.115. The molecular formula is C26H17ClF3NO5S. The summed E-state index contributed by atoms with van der Waals surface area (Å²) >= 11 is 6.54. The van der Waals surface area contributed by atoms with Crippen molar-refractivity contribution in [2.24, 2.45) is 4.99 Å². The molecule has 1 N–H and O–H groups in total. The zero-order chi connectivity index (χ0) is 26.7. The van der Waals surface area contributed by atoms with E-state index < -0.39 is 34.4 Å². The van der Waals surface area contributed by atoms with E-state index in [1.807, 2.05) is 0 Å². The lowest BCUT2D eigenvalue weighted by Crippen LogP contribution is -2.14. The minimum atomic E-state index is -4.64. The number of ether oxygens (including phenoxy) is 1. The van der Waals surface area contributed by atoms with Crippen LogP contribution in [0.2, 0.25) is 5.02 Å². The second kappa shape index (κ2) is 10.7. The molecule has 0 fully saturated rings. The SMILES string of the molecule is CCOC(=O)C1=C(O)/C(=C/c2ccc(-c3ccc(Cl)c(C(F)(F)F)c3)o2)SC1=NC(=O)c1ccccc1. The first-order chi connectivity index (χ1) is 17.6. The number of hydrogen-bond donors (Lipinski definition) is 1. The molecular weight excluding hydrogens is 531 g/mol. The molecule has 0 saturated carbocycles. The number of aliphatic hydroxyl groups is 1. The van der Waals surface area contributed by atoms with Gasteiger partial charge in [-0.05, 0) is 55.5 Å². The van der Waals surface area contributed by atoms with Gasteiger partial charge >= 0.3 is 12.1 Å². The van der Waals surface area contributed by atoms with Gasteiger partial charge in [-0.1, -0.05) is 41.6 Å². The van der Waals surface area contributed by atoms with E-state index in [0.717, 1.165) is 23.9 Å². The van der Waals surface area contributed by atoms with Crippen molar-refractivity contribution in [3.63, 3.8) is 0 Å². The van der Waals surface area contributed by atoms with Gasteiger partial charge in [0.2, 0.25) is 0 Å². The van der Waals surface area contributed by atoms with E-state index in [9.17, 15) is 27.9 Å². The second-order valence-corrected chi connectivity index (χ2v) is 8.98. The van der Waals surface area contributed by atoms with E-state index in [1.54, 1.807) is 37.3 Å². The van der Waals surface area contributed by atoms with E-state index in [0.29, 0.717) is 0 Å². The van der Waals surface area contributed by atoms with Crippen LogP contribution in [0.15, 0.2) is 86.3 Å². The fourth-order valence-corrected chi connectivity index (χ4v) is 4.56. The summed E-state index contributed by atoms with van der Waals surface area (Å²) in [5, 5.41) is 10.3. The van der Waals surface area contributed by atoms with Gasteiger partial charge in [0, 0.05) is 11.1 Å². The predicted molar refractivity (Wildman–Crippen MR) is 134 cm³/mol. The number of hydrogen-bond acceptors (Lipinski definition) is 6. The minimum Gasteiger partial charge on any atom is -0.506 e. The Balaban J connectivity index is 1.68. The number of aliphatic hydroxyl groups excluding tert-OH is 1. The van der Waals surface area contributed by atoms with Gasteiger partial charge in [-0.15, -0.1) is 0 Å². The van der Waals surface area contributed by atoms with Crippen LogP contribution in [0.1, 0.15) is 28.6 Å². The van der Waals surface area contributed by atoms with Gasteiger partial charge in [-0.25, -0.2) is 9.79 Å². The lowest BCUT2D eigenvalue weighted by atomic mass is 10.1. The van der Waals surface area contributed by atoms with E-state index in [2.05, 4.69) is 4.99 Å². The van der Waals surface area contributed by atoms with Crippen molar-refractivity contribution in [2.45, 2.75) is 13.1 Å². The largest absolute Gasteiger partial charge is 0.506 e. The van der Waals surface area contributed by atoms with E-state index in [1.165, 1.54) is 24.3 Å². The fourth-order valence-electron chi connectivity index (χ4n) is 3.34. The molecule has 0 spiro atoms. The Hall–Kier alpha value is -3.76. The van der Waals surface area contributed by atoms with E-state index in [4.69, 9.17) is 20.8 Å². The number of aliphatic imine (C=N–C) groups is 1. The number of halogens is 4. The third-order valence-corrected chi connectivity index (χ3v) is 6.40. The molecule has 0 saturated heterocycles. The molecule has 1 aromatic heterocycles. The number of amides is 1. The van der Waals surface area contributed by atoms with Crippen LogP contribution in [0.5, 0.6) is 0 Å². The quantitative estimate of drug-likeness (QED) is 0.337. The molecule has 0 atom stereocenters. The molecule has 4 rings (SSSR count). The van der Waals surface area contributed by atoms with E-state index in [-0.39, 0.29) is 44.8 Å². The summed E-state index contributed by atoms with van der Waals surface area (Å²) in [5.41, 5.74) is -0.852. The van der Waals surface area contributed by atoms with Crippen LogP contribution in [0, 0.1) is 0 Å². The summed E-state index contributed by atoms with van der Waals surface area (Å²) in [6.07, 6.45) is -3.27. The van der Waals surface area contributed by atoms with Crippen molar-refractivity contribution in [1.82, 2.24) is 0 Å². The lowest BCUT2D eigenvalue weighted by molar-refractivity contribution is -0.138. The first-order valence-corrected chi connectivity index (χ1v) is 11.9. The number of nitrogens with zero attached hydrogens (tertiary/aromatic N) is 1. The van der Waals surface area contributed by atoms with Crippen LogP contribution in [-0.2, 0) is 15.7 Å². The van der Waals surface area contributed by atoms with Crippen molar-refractivity contribution < 1.29 is 37.0 Å². The third kappa shape index (κ3) is 5.81. The summed E-state index contributed by atoms with van der Waals surface area (Å²) in [5.74, 6) is -1.66. The minimum absolute atomic E-state index is 0.0296. The molecule has 0 aliphatic carbocycles. The second-order valence-electron chi connectivity index (χ2n) is 7.54. The van der Waals surface area contributed by atoms with Gasteiger partial charge in [-0.2, -0.15) is 13.2 Å². The maximum Gasteiger partial charge on any atom is 0.417 e. The molecule has 6 nitrogen and oxygen atoms in total. The summed E-state index contributed by atoms with van der Waals surface area (Å²) in [7, 11) is 0. The van der Waals surface area contributed by atoms with Gasteiger partial charge in [0.05, 0.1) is 22.1 Å². The molecule has 1 amide bonds. The number of benzene rings is 2. The topological polar surface area (TPSA) is 89.1 Å². The van der Waals surface area contributed by atoms with Crippen LogP contribution in [-0.4, -0.2) is 28.6 Å². The Labute approximate surface area is 218 Å². The smallest absolute Gasteiger partial charge is 0.417 e. The number of esters is 1. The summed E-state index contributed by atoms with van der Waals surface area (Å²) in [6, 6.07) is 14.5. The summed E-state index contributed by atoms with van der Waals surface area (Å²) in [4.78, 5) is 29.2. The van der Waals surface area contributed by atoms with Crippen molar-refractivity contribution in [1.29, 1.82) is 0 Å². The predicted octanol–water partition coefficient (Wildman–Crippen LogP) is 7.32. The Morgan fingerprint density at radius 1 is 1.14 bits per heavy atom. The number of alkyl halides is 3. The maximum atomic E-state index is 13.2. The molecule has 37 heavy (non-hydrogen) atoms. The van der Waals surface area contributed by atoms with Gasteiger partial charge in [-0.3, -0.25) is 4.79 Å². The van der Waals surface area contributed by atoms with Crippen molar-refractivity contribution in [3.8, 4) is 11.3 Å². The number of rotatable bonds is 5. The van der Waals surface area contributed by atoms with Gasteiger partial charge in [0.15, 0.2) is 0 Å². The lowest BCUT2D eigenvalue weighted by Gasteiger charge is -2.09. The average molecular weight is 548 g/mol. The third-order valence-electron chi connectivity index (χ3n) is 5.05. The number of carbonyl (C=O) groups is 2. The molecule has 1 aliphatic heterocycles. The molecule has 190 valence electrons. The highest BCUT2D eigenvalue weighted by Gasteiger charge is 2.35. The highest BCUT2D eigenvalue weighted by atomic mass is 35.5. The first-order valence-electron chi connectivity index (χ1n) is 10.7. The number of carbonyl (C=O) groups excluding carboxylic acids is 2. The maximum absolute atomic E-state index is 13.2. The van der Waals surface area contributed by atoms with Crippen LogP contribution in [0.25, 0.3) is 17.4 Å². The highest BCUT2D eigenvalue weighted by Crippen LogP contribution is 2.41. The van der Waals surface area contributed by atoms with Crippen molar-refractivity contribution >= 4 is 46.4 Å². The molecule has 0 radical (unpaired) electrons. The number of furan rings is 1. The average Bonchev–Trinajstić information content (AvgIpc) is 3.44. The Kier molecular flexibility index (Phi) is 7.60. The van der Waals surface area contributed by atoms with Gasteiger partial charge < -0.3 is 14.3 Å². The highest BCUT2D eigenvalue weighted by molar-refractivity contribution is 8.18. The molecule has 11 heteroatoms. The molecule has 3 aromatic rings. The molecule has 2 aromatic carbocycles. The summed E-state index contributed by atoms with van der Waals surface area (Å²) < 4.78 is 50.3. The van der Waals surface area contributed by atoms with Crippen LogP contribution < -0.4 is 0 Å². The summed E-state index contributed by atoms with van der Waals surface area (Å²) in [6.45, 7) is 1.62. The zero-order valence-electron chi connectivity index (χ0n) is 19.0. The number of thioether (sulfide) groups is 1. The molecule has 1 aliphatic rings. The van der Waals surface area contributed by atoms with Gasteiger partial charge in [0.25, 0.3) is 5.91 Å². The molecule has 0 bridgehead atoms. The normalized spacial score (nSPS) is 16.0. The van der Waals surface area contributed by atoms with Crippen molar-refractivity contribution in [2.75, 3.05) is 6.61 Å². The standard InChI is InChI=1S/C26H17ClF3NO5S/c1-2-35-25(34)21-22(32)20(37-24(21)31-23(33)14-6-4-3-5-7-14)13-16-9-11-19(36-16)15-8-10-18(27)17(12-15)26(28,29)30/h3-13,32H,2H2,1H3/b20-13-,31-24?. The van der Waals surface area contributed by atoms with Crippen LogP contribution in [0.4, 0.5) is 13.2 Å². The molecule has 2 heterocycles. The van der Waals surface area contributed by atoms with Crippen molar-refractivity contribution in [3.05, 3.63) is 98.8 Å².